The summed E-state index contributed by atoms with van der Waals surface area (Å²) in [5.41, 5.74) is 0.442. The Kier molecular flexibility index (Phi) is 5.34. The van der Waals surface area contributed by atoms with Crippen LogP contribution < -0.4 is 19.3 Å². The molecule has 0 radical (unpaired) electrons. The number of nitrogens with one attached hydrogen (secondary N) is 1. The third-order valence-corrected chi connectivity index (χ3v) is 3.25. The predicted octanol–water partition coefficient (Wildman–Crippen LogP) is -0.566. The fraction of sp³-hybridized carbons (Fsp3) is 0.417. The Hall–Kier alpha value is -1.80. The van der Waals surface area contributed by atoms with Gasteiger partial charge in [0.15, 0.2) is 11.5 Å². The molecule has 0 fully saturated rings. The number of hydrogen-bond acceptors (Lipinski definition) is 6. The van der Waals surface area contributed by atoms with E-state index in [0.29, 0.717) is 17.1 Å². The van der Waals surface area contributed by atoms with Crippen molar-refractivity contribution in [1.29, 1.82) is 0 Å². The molecule has 20 heavy (non-hydrogen) atoms. The van der Waals surface area contributed by atoms with E-state index in [1.165, 1.54) is 20.3 Å². The Morgan fingerprint density at radius 1 is 1.30 bits per heavy atom. The Balaban J connectivity index is 3.16. The number of ether oxygens (including phenoxy) is 2. The summed E-state index contributed by atoms with van der Waals surface area (Å²) in [4.78, 5) is 10.7. The van der Waals surface area contributed by atoms with Gasteiger partial charge in [0.2, 0.25) is 10.0 Å². The van der Waals surface area contributed by atoms with Gasteiger partial charge in [-0.15, -0.1) is 0 Å². The zero-order valence-corrected chi connectivity index (χ0v) is 12.2. The van der Waals surface area contributed by atoms with Gasteiger partial charge in [0.1, 0.15) is 0 Å². The zero-order valence-electron chi connectivity index (χ0n) is 11.4. The first-order valence-electron chi connectivity index (χ1n) is 5.66. The van der Waals surface area contributed by atoms with Crippen LogP contribution >= 0.6 is 0 Å². The van der Waals surface area contributed by atoms with Gasteiger partial charge in [0, 0.05) is 12.4 Å². The average Bonchev–Trinajstić information content (AvgIpc) is 2.35. The summed E-state index contributed by atoms with van der Waals surface area (Å²) >= 11 is 0. The number of carbonyl (C=O) groups excluding carboxylic acids is 1. The monoisotopic (exact) mass is 302 g/mol. The van der Waals surface area contributed by atoms with Crippen LogP contribution in [-0.4, -0.2) is 34.9 Å². The van der Waals surface area contributed by atoms with E-state index in [4.69, 9.17) is 9.47 Å². The highest BCUT2D eigenvalue weighted by Gasteiger charge is 2.18. The highest BCUT2D eigenvalue weighted by Crippen LogP contribution is 2.31. The summed E-state index contributed by atoms with van der Waals surface area (Å²) in [7, 11) is -0.672. The van der Waals surface area contributed by atoms with Crippen LogP contribution in [0.15, 0.2) is 18.2 Å². The average molecular weight is 302 g/mol. The SMILES string of the molecule is COc1ccc([C@H](CC(=O)[O-])NS(C)(=O)=O)cc1OC. The van der Waals surface area contributed by atoms with Crippen LogP contribution in [0.1, 0.15) is 18.0 Å². The van der Waals surface area contributed by atoms with Crippen molar-refractivity contribution in [2.24, 2.45) is 0 Å². The molecule has 0 aliphatic carbocycles. The fourth-order valence-electron chi connectivity index (χ4n) is 1.72. The van der Waals surface area contributed by atoms with Crippen LogP contribution in [0.2, 0.25) is 0 Å². The Bertz CT molecular complexity index is 584. The number of aliphatic carboxylic acids is 1. The van der Waals surface area contributed by atoms with Crippen LogP contribution in [0.25, 0.3) is 0 Å². The Morgan fingerprint density at radius 3 is 2.35 bits per heavy atom. The van der Waals surface area contributed by atoms with E-state index in [2.05, 4.69) is 4.72 Å². The van der Waals surface area contributed by atoms with Crippen molar-refractivity contribution < 1.29 is 27.8 Å². The molecule has 1 aromatic rings. The molecule has 0 aliphatic heterocycles. The van der Waals surface area contributed by atoms with Crippen molar-refractivity contribution in [3.05, 3.63) is 23.8 Å². The van der Waals surface area contributed by atoms with Gasteiger partial charge in [-0.25, -0.2) is 13.1 Å². The lowest BCUT2D eigenvalue weighted by atomic mass is 10.0. The maximum Gasteiger partial charge on any atom is 0.209 e. The summed E-state index contributed by atoms with van der Waals surface area (Å²) in [6, 6.07) is 3.72. The minimum absolute atomic E-state index is 0.378. The van der Waals surface area contributed by atoms with Gasteiger partial charge in [0.25, 0.3) is 0 Å². The molecule has 0 bridgehead atoms. The van der Waals surface area contributed by atoms with Crippen molar-refractivity contribution >= 4 is 16.0 Å². The molecule has 0 heterocycles. The summed E-state index contributed by atoms with van der Waals surface area (Å²) in [6.45, 7) is 0. The van der Waals surface area contributed by atoms with E-state index < -0.39 is 28.5 Å². The van der Waals surface area contributed by atoms with Gasteiger partial charge >= 0.3 is 0 Å². The van der Waals surface area contributed by atoms with Crippen molar-refractivity contribution in [3.8, 4) is 11.5 Å². The summed E-state index contributed by atoms with van der Waals surface area (Å²) in [5, 5.41) is 10.7. The topological polar surface area (TPSA) is 105 Å². The number of hydrogen-bond donors (Lipinski definition) is 1. The molecular weight excluding hydrogens is 286 g/mol. The molecule has 0 unspecified atom stereocenters. The van der Waals surface area contributed by atoms with E-state index >= 15 is 0 Å². The maximum atomic E-state index is 11.3. The quantitative estimate of drug-likeness (QED) is 0.723. The summed E-state index contributed by atoms with van der Waals surface area (Å²) < 4.78 is 35.0. The van der Waals surface area contributed by atoms with Crippen LogP contribution in [-0.2, 0) is 14.8 Å². The van der Waals surface area contributed by atoms with Crippen LogP contribution in [0.5, 0.6) is 11.5 Å². The minimum atomic E-state index is -3.57. The molecule has 8 heteroatoms. The number of methoxy groups -OCH3 is 2. The molecule has 0 aliphatic rings. The number of sulfonamides is 1. The van der Waals surface area contributed by atoms with E-state index in [-0.39, 0.29) is 0 Å². The number of carbonyl (C=O) groups is 1. The Labute approximate surface area is 117 Å². The summed E-state index contributed by atoms with van der Waals surface area (Å²) in [5.74, 6) is -0.521. The molecule has 1 N–H and O–H groups in total. The molecule has 0 amide bonds. The highest BCUT2D eigenvalue weighted by molar-refractivity contribution is 7.88. The predicted molar refractivity (Wildman–Crippen MR) is 69.9 cm³/mol. The lowest BCUT2D eigenvalue weighted by molar-refractivity contribution is -0.306. The standard InChI is InChI=1S/C12H17NO6S/c1-18-10-5-4-8(6-11(10)19-2)9(7-12(14)15)13-20(3,16)17/h4-6,9,13H,7H2,1-3H3,(H,14,15)/p-1/t9-/m0/s1. The molecular formula is C12H16NO6S-. The van der Waals surface area contributed by atoms with Gasteiger partial charge in [-0.05, 0) is 17.7 Å². The second kappa shape index (κ2) is 6.58. The van der Waals surface area contributed by atoms with E-state index in [9.17, 15) is 18.3 Å². The second-order valence-corrected chi connectivity index (χ2v) is 5.91. The third kappa shape index (κ3) is 4.71. The number of carboxylic acid groups (broad SMARTS) is 1. The first kappa shape index (κ1) is 16.3. The first-order valence-corrected chi connectivity index (χ1v) is 7.55. The van der Waals surface area contributed by atoms with Crippen LogP contribution in [0.3, 0.4) is 0 Å². The highest BCUT2D eigenvalue weighted by atomic mass is 32.2. The molecule has 1 atom stereocenters. The van der Waals surface area contributed by atoms with Gasteiger partial charge in [0.05, 0.1) is 26.5 Å². The molecule has 0 saturated heterocycles. The zero-order chi connectivity index (χ0) is 15.3. The van der Waals surface area contributed by atoms with E-state index in [1.54, 1.807) is 12.1 Å². The molecule has 7 nitrogen and oxygen atoms in total. The third-order valence-electron chi connectivity index (χ3n) is 2.54. The van der Waals surface area contributed by atoms with E-state index in [0.717, 1.165) is 6.26 Å². The molecule has 0 saturated carbocycles. The minimum Gasteiger partial charge on any atom is -0.550 e. The largest absolute Gasteiger partial charge is 0.550 e. The lowest BCUT2D eigenvalue weighted by Gasteiger charge is -2.19. The normalized spacial score (nSPS) is 12.8. The first-order chi connectivity index (χ1) is 9.26. The summed E-state index contributed by atoms with van der Waals surface area (Å²) in [6.07, 6.45) is 0.471. The van der Waals surface area contributed by atoms with Gasteiger partial charge in [-0.2, -0.15) is 0 Å². The maximum absolute atomic E-state index is 11.3. The van der Waals surface area contributed by atoms with E-state index in [1.807, 2.05) is 0 Å². The molecule has 0 spiro atoms. The molecule has 1 rings (SSSR count). The fourth-order valence-corrected chi connectivity index (χ4v) is 2.46. The molecule has 0 aromatic heterocycles. The van der Waals surface area contributed by atoms with Crippen molar-refractivity contribution in [2.45, 2.75) is 12.5 Å². The Morgan fingerprint density at radius 2 is 1.90 bits per heavy atom. The van der Waals surface area contributed by atoms with Gasteiger partial charge < -0.3 is 19.4 Å². The molecule has 112 valence electrons. The number of benzene rings is 1. The van der Waals surface area contributed by atoms with Crippen molar-refractivity contribution in [2.75, 3.05) is 20.5 Å². The van der Waals surface area contributed by atoms with Crippen LogP contribution in [0, 0.1) is 0 Å². The number of carboxylic acids is 1. The van der Waals surface area contributed by atoms with Crippen molar-refractivity contribution in [1.82, 2.24) is 4.72 Å². The smallest absolute Gasteiger partial charge is 0.209 e. The van der Waals surface area contributed by atoms with Gasteiger partial charge in [-0.1, -0.05) is 6.07 Å². The number of rotatable bonds is 7. The molecule has 1 aromatic carbocycles. The van der Waals surface area contributed by atoms with Crippen molar-refractivity contribution in [3.63, 3.8) is 0 Å². The van der Waals surface area contributed by atoms with Crippen LogP contribution in [0.4, 0.5) is 0 Å². The lowest BCUT2D eigenvalue weighted by Crippen LogP contribution is -2.33. The second-order valence-electron chi connectivity index (χ2n) is 4.13. The van der Waals surface area contributed by atoms with Gasteiger partial charge in [-0.3, -0.25) is 0 Å².